The lowest BCUT2D eigenvalue weighted by molar-refractivity contribution is -0.914. The smallest absolute Gasteiger partial charge is 0.104 e. The molecule has 1 aliphatic heterocycles. The Morgan fingerprint density at radius 1 is 1.12 bits per heavy atom. The molecule has 0 aliphatic carbocycles. The lowest BCUT2D eigenvalue weighted by atomic mass is 10.1. The Bertz CT molecular complexity index is 302. The van der Waals surface area contributed by atoms with Crippen LogP contribution in [0.25, 0.3) is 0 Å². The molecule has 1 saturated heterocycles. The van der Waals surface area contributed by atoms with Crippen LogP contribution in [0.1, 0.15) is 19.4 Å². The molecule has 0 amide bonds. The molecular formula is C14H22NO+. The molecule has 2 heteroatoms. The molecule has 0 spiro atoms. The molecular weight excluding hydrogens is 198 g/mol. The van der Waals surface area contributed by atoms with E-state index in [0.29, 0.717) is 12.2 Å². The second-order valence-electron chi connectivity index (χ2n) is 4.90. The summed E-state index contributed by atoms with van der Waals surface area (Å²) in [6, 6.07) is 10.7. The number of ether oxygens (including phenoxy) is 1. The molecule has 0 unspecified atom stereocenters. The highest BCUT2D eigenvalue weighted by Gasteiger charge is 2.24. The predicted molar refractivity (Wildman–Crippen MR) is 65.7 cm³/mol. The van der Waals surface area contributed by atoms with Crippen LogP contribution in [-0.2, 0) is 11.2 Å². The molecule has 0 radical (unpaired) electrons. The van der Waals surface area contributed by atoms with Crippen LogP contribution in [0, 0.1) is 0 Å². The molecule has 1 N–H and O–H groups in total. The maximum absolute atomic E-state index is 5.75. The van der Waals surface area contributed by atoms with Gasteiger partial charge < -0.3 is 9.64 Å². The Labute approximate surface area is 98.2 Å². The first-order chi connectivity index (χ1) is 7.74. The number of benzene rings is 1. The van der Waals surface area contributed by atoms with E-state index in [2.05, 4.69) is 44.2 Å². The largest absolute Gasteiger partial charge is 0.364 e. The third kappa shape index (κ3) is 3.32. The number of nitrogens with one attached hydrogen (secondary N) is 1. The maximum atomic E-state index is 5.75. The Morgan fingerprint density at radius 2 is 1.75 bits per heavy atom. The van der Waals surface area contributed by atoms with Crippen molar-refractivity contribution in [3.63, 3.8) is 0 Å². The van der Waals surface area contributed by atoms with E-state index in [0.717, 1.165) is 13.1 Å². The van der Waals surface area contributed by atoms with Gasteiger partial charge in [0.2, 0.25) is 0 Å². The van der Waals surface area contributed by atoms with Crippen molar-refractivity contribution in [3.05, 3.63) is 35.9 Å². The van der Waals surface area contributed by atoms with Crippen molar-refractivity contribution in [2.24, 2.45) is 0 Å². The van der Waals surface area contributed by atoms with Gasteiger partial charge in [0.25, 0.3) is 0 Å². The Morgan fingerprint density at radius 3 is 2.38 bits per heavy atom. The van der Waals surface area contributed by atoms with E-state index in [1.807, 2.05) is 0 Å². The average Bonchev–Trinajstić information content (AvgIpc) is 2.27. The second-order valence-corrected chi connectivity index (χ2v) is 4.90. The minimum atomic E-state index is 0.412. The SMILES string of the molecule is C[C@@H]1C[NH+](CCc2ccccc2)C[C@@H](C)O1. The summed E-state index contributed by atoms with van der Waals surface area (Å²) >= 11 is 0. The van der Waals surface area contributed by atoms with Crippen molar-refractivity contribution < 1.29 is 9.64 Å². The second kappa shape index (κ2) is 5.46. The zero-order chi connectivity index (χ0) is 11.4. The highest BCUT2D eigenvalue weighted by Crippen LogP contribution is 2.00. The third-order valence-corrected chi connectivity index (χ3v) is 3.23. The number of quaternary nitrogens is 1. The van der Waals surface area contributed by atoms with Gasteiger partial charge >= 0.3 is 0 Å². The van der Waals surface area contributed by atoms with Gasteiger partial charge in [0.05, 0.1) is 6.54 Å². The van der Waals surface area contributed by atoms with Gasteiger partial charge in [0.1, 0.15) is 25.3 Å². The van der Waals surface area contributed by atoms with E-state index in [1.54, 1.807) is 4.90 Å². The van der Waals surface area contributed by atoms with E-state index >= 15 is 0 Å². The normalized spacial score (nSPS) is 30.2. The molecule has 2 rings (SSSR count). The first kappa shape index (κ1) is 11.6. The molecule has 1 aromatic carbocycles. The topological polar surface area (TPSA) is 13.7 Å². The summed E-state index contributed by atoms with van der Waals surface area (Å²) in [5, 5.41) is 0. The molecule has 1 heterocycles. The standard InChI is InChI=1S/C14H21NO/c1-12-10-15(11-13(2)16-12)9-8-14-6-4-3-5-7-14/h3-7,12-13H,8-11H2,1-2H3/p+1/t12-,13-/m1/s1. The van der Waals surface area contributed by atoms with Gasteiger partial charge in [0, 0.05) is 6.42 Å². The van der Waals surface area contributed by atoms with E-state index in [4.69, 9.17) is 4.74 Å². The van der Waals surface area contributed by atoms with E-state index in [-0.39, 0.29) is 0 Å². The summed E-state index contributed by atoms with van der Waals surface area (Å²) in [5.74, 6) is 0. The lowest BCUT2D eigenvalue weighted by Gasteiger charge is -2.32. The lowest BCUT2D eigenvalue weighted by Crippen LogP contribution is -3.15. The Balaban J connectivity index is 1.81. The molecule has 0 aromatic heterocycles. The third-order valence-electron chi connectivity index (χ3n) is 3.23. The number of hydrogen-bond donors (Lipinski definition) is 1. The van der Waals surface area contributed by atoms with Crippen molar-refractivity contribution in [1.82, 2.24) is 0 Å². The molecule has 0 saturated carbocycles. The van der Waals surface area contributed by atoms with Crippen LogP contribution in [0.4, 0.5) is 0 Å². The zero-order valence-corrected chi connectivity index (χ0v) is 10.3. The van der Waals surface area contributed by atoms with Gasteiger partial charge in [-0.15, -0.1) is 0 Å². The summed E-state index contributed by atoms with van der Waals surface area (Å²) in [6.45, 7) is 7.88. The van der Waals surface area contributed by atoms with E-state index < -0.39 is 0 Å². The summed E-state index contributed by atoms with van der Waals surface area (Å²) < 4.78 is 5.75. The van der Waals surface area contributed by atoms with E-state index in [1.165, 1.54) is 18.5 Å². The fraction of sp³-hybridized carbons (Fsp3) is 0.571. The summed E-state index contributed by atoms with van der Waals surface area (Å²) in [5.41, 5.74) is 1.45. The van der Waals surface area contributed by atoms with Gasteiger partial charge in [-0.25, -0.2) is 0 Å². The van der Waals surface area contributed by atoms with Gasteiger partial charge in [-0.3, -0.25) is 0 Å². The molecule has 1 aliphatic rings. The zero-order valence-electron chi connectivity index (χ0n) is 10.3. The average molecular weight is 220 g/mol. The number of rotatable bonds is 3. The van der Waals surface area contributed by atoms with Crippen LogP contribution in [0.3, 0.4) is 0 Å². The Hall–Kier alpha value is -0.860. The molecule has 88 valence electrons. The minimum Gasteiger partial charge on any atom is -0.364 e. The number of morpholine rings is 1. The minimum absolute atomic E-state index is 0.412. The molecule has 0 bridgehead atoms. The highest BCUT2D eigenvalue weighted by atomic mass is 16.5. The Kier molecular flexibility index (Phi) is 3.97. The van der Waals surface area contributed by atoms with Gasteiger partial charge in [-0.1, -0.05) is 30.3 Å². The fourth-order valence-electron chi connectivity index (χ4n) is 2.56. The van der Waals surface area contributed by atoms with Crippen LogP contribution in [-0.4, -0.2) is 31.8 Å². The van der Waals surface area contributed by atoms with Gasteiger partial charge in [0.15, 0.2) is 0 Å². The van der Waals surface area contributed by atoms with Crippen LogP contribution in [0.15, 0.2) is 30.3 Å². The van der Waals surface area contributed by atoms with Crippen molar-refractivity contribution in [3.8, 4) is 0 Å². The monoisotopic (exact) mass is 220 g/mol. The van der Waals surface area contributed by atoms with Crippen molar-refractivity contribution in [2.75, 3.05) is 19.6 Å². The first-order valence-electron chi connectivity index (χ1n) is 6.27. The number of hydrogen-bond acceptors (Lipinski definition) is 1. The van der Waals surface area contributed by atoms with Crippen LogP contribution < -0.4 is 4.90 Å². The van der Waals surface area contributed by atoms with Gasteiger partial charge in [-0.2, -0.15) is 0 Å². The molecule has 2 nitrogen and oxygen atoms in total. The highest BCUT2D eigenvalue weighted by molar-refractivity contribution is 5.14. The molecule has 2 atom stereocenters. The summed E-state index contributed by atoms with van der Waals surface area (Å²) in [4.78, 5) is 1.68. The predicted octanol–water partition coefficient (Wildman–Crippen LogP) is 0.921. The van der Waals surface area contributed by atoms with Crippen LogP contribution in [0.5, 0.6) is 0 Å². The molecule has 1 fully saturated rings. The fourth-order valence-corrected chi connectivity index (χ4v) is 2.56. The molecule has 1 aromatic rings. The first-order valence-corrected chi connectivity index (χ1v) is 6.27. The van der Waals surface area contributed by atoms with E-state index in [9.17, 15) is 0 Å². The van der Waals surface area contributed by atoms with Crippen molar-refractivity contribution in [1.29, 1.82) is 0 Å². The molecule has 16 heavy (non-hydrogen) atoms. The van der Waals surface area contributed by atoms with Crippen molar-refractivity contribution >= 4 is 0 Å². The quantitative estimate of drug-likeness (QED) is 0.800. The summed E-state index contributed by atoms with van der Waals surface area (Å²) in [7, 11) is 0. The summed E-state index contributed by atoms with van der Waals surface area (Å²) in [6.07, 6.45) is 2.00. The van der Waals surface area contributed by atoms with Crippen LogP contribution in [0.2, 0.25) is 0 Å². The maximum Gasteiger partial charge on any atom is 0.104 e. The van der Waals surface area contributed by atoms with Crippen molar-refractivity contribution in [2.45, 2.75) is 32.5 Å². The van der Waals surface area contributed by atoms with Crippen LogP contribution >= 0.6 is 0 Å². The van der Waals surface area contributed by atoms with Gasteiger partial charge in [-0.05, 0) is 19.4 Å².